The van der Waals surface area contributed by atoms with E-state index in [4.69, 9.17) is 0 Å². The number of ketones is 1. The summed E-state index contributed by atoms with van der Waals surface area (Å²) in [5.41, 5.74) is 0.782. The number of fused-ring (bicyclic) bond motifs is 5. The number of carbonyl (C=O) groups is 1. The molecular weight excluding hydrogens is 284 g/mol. The first-order valence-corrected chi connectivity index (χ1v) is 10.1. The summed E-state index contributed by atoms with van der Waals surface area (Å²) in [6.45, 7) is 7.01. The average Bonchev–Trinajstić information content (AvgIpc) is 2.85. The fourth-order valence-electron chi connectivity index (χ4n) is 7.88. The van der Waals surface area contributed by atoms with E-state index in [1.165, 1.54) is 38.5 Å². The van der Waals surface area contributed by atoms with Crippen LogP contribution in [0.5, 0.6) is 0 Å². The van der Waals surface area contributed by atoms with Gasteiger partial charge in [-0.25, -0.2) is 0 Å². The predicted molar refractivity (Wildman–Crippen MR) is 91.9 cm³/mol. The van der Waals surface area contributed by atoms with E-state index in [1.807, 2.05) is 6.92 Å². The van der Waals surface area contributed by atoms with E-state index in [0.29, 0.717) is 28.4 Å². The van der Waals surface area contributed by atoms with E-state index in [9.17, 15) is 9.90 Å². The number of aliphatic hydroxyl groups is 1. The van der Waals surface area contributed by atoms with Crippen molar-refractivity contribution in [3.63, 3.8) is 0 Å². The molecule has 0 spiro atoms. The largest absolute Gasteiger partial charge is 0.393 e. The molecule has 130 valence electrons. The van der Waals surface area contributed by atoms with Gasteiger partial charge in [-0.2, -0.15) is 0 Å². The maximum atomic E-state index is 11.9. The number of hydrogen-bond acceptors (Lipinski definition) is 2. The van der Waals surface area contributed by atoms with Crippen molar-refractivity contribution in [2.45, 2.75) is 84.7 Å². The van der Waals surface area contributed by atoms with Gasteiger partial charge < -0.3 is 5.11 Å². The van der Waals surface area contributed by atoms with Crippen molar-refractivity contribution in [2.24, 2.45) is 40.4 Å². The maximum absolute atomic E-state index is 11.9. The molecule has 4 saturated carbocycles. The summed E-state index contributed by atoms with van der Waals surface area (Å²) in [7, 11) is 0. The lowest BCUT2D eigenvalue weighted by Crippen LogP contribution is -2.54. The Labute approximate surface area is 141 Å². The minimum atomic E-state index is -0.152. The summed E-state index contributed by atoms with van der Waals surface area (Å²) in [6.07, 6.45) is 10.5. The van der Waals surface area contributed by atoms with Crippen LogP contribution in [0.1, 0.15) is 78.6 Å². The first-order valence-electron chi connectivity index (χ1n) is 10.1. The van der Waals surface area contributed by atoms with Crippen LogP contribution < -0.4 is 0 Å². The molecule has 4 rings (SSSR count). The van der Waals surface area contributed by atoms with Gasteiger partial charge in [0.15, 0.2) is 0 Å². The molecule has 0 amide bonds. The van der Waals surface area contributed by atoms with Crippen molar-refractivity contribution in [3.8, 4) is 0 Å². The van der Waals surface area contributed by atoms with Gasteiger partial charge in [0, 0.05) is 12.8 Å². The Kier molecular flexibility index (Phi) is 3.72. The van der Waals surface area contributed by atoms with Gasteiger partial charge in [-0.15, -0.1) is 0 Å². The van der Waals surface area contributed by atoms with Gasteiger partial charge in [0.1, 0.15) is 5.78 Å². The molecule has 0 aromatic carbocycles. The zero-order valence-corrected chi connectivity index (χ0v) is 15.2. The van der Waals surface area contributed by atoms with Crippen LogP contribution in [0.3, 0.4) is 0 Å². The van der Waals surface area contributed by atoms with Crippen LogP contribution in [0.25, 0.3) is 0 Å². The zero-order valence-electron chi connectivity index (χ0n) is 15.2. The summed E-state index contributed by atoms with van der Waals surface area (Å²) >= 11 is 0. The molecule has 4 fully saturated rings. The summed E-state index contributed by atoms with van der Waals surface area (Å²) < 4.78 is 0. The molecule has 8 atom stereocenters. The van der Waals surface area contributed by atoms with E-state index in [2.05, 4.69) is 13.8 Å². The van der Waals surface area contributed by atoms with Crippen LogP contribution >= 0.6 is 0 Å². The Balaban J connectivity index is 1.61. The van der Waals surface area contributed by atoms with Gasteiger partial charge in [-0.1, -0.05) is 13.8 Å². The fraction of sp³-hybridized carbons (Fsp3) is 0.952. The molecule has 2 nitrogen and oxygen atoms in total. The Morgan fingerprint density at radius 3 is 2.48 bits per heavy atom. The second-order valence-corrected chi connectivity index (χ2v) is 9.87. The third-order valence-electron chi connectivity index (χ3n) is 9.14. The highest BCUT2D eigenvalue weighted by Crippen LogP contribution is 2.67. The monoisotopic (exact) mass is 318 g/mol. The molecule has 1 N–H and O–H groups in total. The standard InChI is InChI=1S/C21H34O2/c1-13(22)17-6-7-18-16-5-4-14-12-15(23)8-10-20(14,2)19(16)9-11-21(17,18)3/h13-14,16-19,22H,4-12H2,1-3H3/t13?,14-,16?,17?,18?,19?,20?,21?/m0/s1. The molecule has 2 heteroatoms. The van der Waals surface area contributed by atoms with Gasteiger partial charge in [-0.05, 0) is 92.3 Å². The van der Waals surface area contributed by atoms with E-state index in [1.54, 1.807) is 0 Å². The highest BCUT2D eigenvalue weighted by molar-refractivity contribution is 5.79. The third-order valence-corrected chi connectivity index (χ3v) is 9.14. The molecular formula is C21H34O2. The lowest BCUT2D eigenvalue weighted by molar-refractivity contribution is -0.141. The van der Waals surface area contributed by atoms with E-state index in [0.717, 1.165) is 37.0 Å². The number of aliphatic hydroxyl groups excluding tert-OH is 1. The number of rotatable bonds is 1. The van der Waals surface area contributed by atoms with Gasteiger partial charge in [-0.3, -0.25) is 4.79 Å². The lowest BCUT2D eigenvalue weighted by Gasteiger charge is -2.60. The molecule has 4 aliphatic rings. The first-order chi connectivity index (χ1) is 10.9. The van der Waals surface area contributed by atoms with Crippen LogP contribution in [-0.4, -0.2) is 17.0 Å². The van der Waals surface area contributed by atoms with E-state index in [-0.39, 0.29) is 6.10 Å². The minimum absolute atomic E-state index is 0.152. The molecule has 7 unspecified atom stereocenters. The second-order valence-electron chi connectivity index (χ2n) is 9.87. The van der Waals surface area contributed by atoms with Crippen LogP contribution in [-0.2, 0) is 4.79 Å². The highest BCUT2D eigenvalue weighted by atomic mass is 16.3. The molecule has 23 heavy (non-hydrogen) atoms. The van der Waals surface area contributed by atoms with Crippen LogP contribution in [0, 0.1) is 40.4 Å². The molecule has 0 heterocycles. The second kappa shape index (κ2) is 5.31. The molecule has 0 aliphatic heterocycles. The van der Waals surface area contributed by atoms with Gasteiger partial charge in [0.25, 0.3) is 0 Å². The molecule has 4 aliphatic carbocycles. The molecule has 0 aromatic rings. The quantitative estimate of drug-likeness (QED) is 0.767. The summed E-state index contributed by atoms with van der Waals surface area (Å²) in [5, 5.41) is 10.3. The smallest absolute Gasteiger partial charge is 0.133 e. The minimum Gasteiger partial charge on any atom is -0.393 e. The number of hydrogen-bond donors (Lipinski definition) is 1. The molecule has 0 radical (unpaired) electrons. The number of carbonyl (C=O) groups excluding carboxylic acids is 1. The van der Waals surface area contributed by atoms with Crippen molar-refractivity contribution in [2.75, 3.05) is 0 Å². The van der Waals surface area contributed by atoms with Crippen molar-refractivity contribution >= 4 is 5.78 Å². The van der Waals surface area contributed by atoms with Crippen LogP contribution in [0.15, 0.2) is 0 Å². The third kappa shape index (κ3) is 2.19. The summed E-state index contributed by atoms with van der Waals surface area (Å²) in [4.78, 5) is 11.9. The van der Waals surface area contributed by atoms with Crippen molar-refractivity contribution in [1.29, 1.82) is 0 Å². The predicted octanol–water partition coefficient (Wildman–Crippen LogP) is 4.60. The van der Waals surface area contributed by atoms with E-state index >= 15 is 0 Å². The summed E-state index contributed by atoms with van der Waals surface area (Å²) in [6, 6.07) is 0. The van der Waals surface area contributed by atoms with Gasteiger partial charge in [0.05, 0.1) is 6.10 Å². The SMILES string of the molecule is CC(O)C1CCC2C3CC[C@H]4CC(=O)CCC4(C)C3CCC12C. The van der Waals surface area contributed by atoms with E-state index < -0.39 is 0 Å². The molecule has 0 saturated heterocycles. The molecule has 0 aromatic heterocycles. The zero-order chi connectivity index (χ0) is 16.4. The van der Waals surface area contributed by atoms with Crippen molar-refractivity contribution in [1.82, 2.24) is 0 Å². The Morgan fingerprint density at radius 1 is 1.00 bits per heavy atom. The number of Topliss-reactive ketones (excluding diaryl/α,β-unsaturated/α-hetero) is 1. The van der Waals surface area contributed by atoms with Crippen LogP contribution in [0.2, 0.25) is 0 Å². The normalized spacial score (nSPS) is 54.1. The first kappa shape index (κ1) is 16.1. The van der Waals surface area contributed by atoms with Crippen LogP contribution in [0.4, 0.5) is 0 Å². The lowest BCUT2D eigenvalue weighted by atomic mass is 9.44. The fourth-order valence-corrected chi connectivity index (χ4v) is 7.88. The topological polar surface area (TPSA) is 37.3 Å². The van der Waals surface area contributed by atoms with Gasteiger partial charge in [0.2, 0.25) is 0 Å². The Bertz CT molecular complexity index is 498. The van der Waals surface area contributed by atoms with Crippen molar-refractivity contribution < 1.29 is 9.90 Å². The Hall–Kier alpha value is -0.370. The molecule has 0 bridgehead atoms. The maximum Gasteiger partial charge on any atom is 0.133 e. The highest BCUT2D eigenvalue weighted by Gasteiger charge is 2.60. The average molecular weight is 319 g/mol. The van der Waals surface area contributed by atoms with Gasteiger partial charge >= 0.3 is 0 Å². The summed E-state index contributed by atoms with van der Waals surface area (Å²) in [5.74, 6) is 4.18. The van der Waals surface area contributed by atoms with Crippen molar-refractivity contribution in [3.05, 3.63) is 0 Å². The Morgan fingerprint density at radius 2 is 1.74 bits per heavy atom.